The zero-order chi connectivity index (χ0) is 15.7. The molecule has 0 unspecified atom stereocenters. The molecule has 7 heteroatoms. The molecule has 2 rings (SSSR count). The van der Waals surface area contributed by atoms with Crippen molar-refractivity contribution in [1.82, 2.24) is 0 Å². The first-order chi connectivity index (χ1) is 9.71. The van der Waals surface area contributed by atoms with Crippen LogP contribution in [0.3, 0.4) is 0 Å². The summed E-state index contributed by atoms with van der Waals surface area (Å²) in [6, 6.07) is 7.71. The van der Waals surface area contributed by atoms with Crippen molar-refractivity contribution in [3.05, 3.63) is 29.8 Å². The van der Waals surface area contributed by atoms with Crippen molar-refractivity contribution in [3.8, 4) is 0 Å². The first-order valence-electron chi connectivity index (χ1n) is 6.79. The van der Waals surface area contributed by atoms with Crippen molar-refractivity contribution in [3.63, 3.8) is 0 Å². The molecule has 0 aliphatic carbocycles. The Balaban J connectivity index is 2.19. The van der Waals surface area contributed by atoms with Gasteiger partial charge in [-0.05, 0) is 38.7 Å². The summed E-state index contributed by atoms with van der Waals surface area (Å²) < 4.78 is 12.0. The van der Waals surface area contributed by atoms with E-state index in [1.54, 1.807) is 6.21 Å². The fourth-order valence-electron chi connectivity index (χ4n) is 1.93. The van der Waals surface area contributed by atoms with Crippen molar-refractivity contribution < 1.29 is 9.31 Å². The van der Waals surface area contributed by atoms with Crippen LogP contribution in [-0.2, 0) is 9.31 Å². The molecule has 21 heavy (non-hydrogen) atoms. The molecule has 0 radical (unpaired) electrons. The SMILES string of the molecule is CC1(C)OB(c2cccc(C=NN=C(N)N)c2)OC1(C)C. The van der Waals surface area contributed by atoms with Crippen LogP contribution in [-0.4, -0.2) is 30.5 Å². The molecule has 112 valence electrons. The average molecular weight is 288 g/mol. The molecule has 1 heterocycles. The summed E-state index contributed by atoms with van der Waals surface area (Å²) in [6.07, 6.45) is 1.58. The lowest BCUT2D eigenvalue weighted by Gasteiger charge is -2.32. The first-order valence-corrected chi connectivity index (χ1v) is 6.79. The lowest BCUT2D eigenvalue weighted by molar-refractivity contribution is 0.00578. The summed E-state index contributed by atoms with van der Waals surface area (Å²) in [5.41, 5.74) is 11.5. The second-order valence-electron chi connectivity index (χ2n) is 6.03. The molecule has 0 atom stereocenters. The predicted molar refractivity (Wildman–Crippen MR) is 85.6 cm³/mol. The van der Waals surface area contributed by atoms with E-state index in [9.17, 15) is 0 Å². The molecular formula is C14H21BN4O2. The third-order valence-electron chi connectivity index (χ3n) is 3.82. The number of nitrogens with two attached hydrogens (primary N) is 2. The van der Waals surface area contributed by atoms with Crippen LogP contribution in [0.2, 0.25) is 0 Å². The Labute approximate surface area is 125 Å². The molecule has 6 nitrogen and oxygen atoms in total. The highest BCUT2D eigenvalue weighted by molar-refractivity contribution is 6.62. The van der Waals surface area contributed by atoms with E-state index in [0.29, 0.717) is 0 Å². The van der Waals surface area contributed by atoms with Crippen molar-refractivity contribution in [2.75, 3.05) is 0 Å². The highest BCUT2D eigenvalue weighted by Crippen LogP contribution is 2.36. The van der Waals surface area contributed by atoms with Crippen molar-refractivity contribution in [2.45, 2.75) is 38.9 Å². The van der Waals surface area contributed by atoms with Crippen molar-refractivity contribution >= 4 is 24.8 Å². The maximum Gasteiger partial charge on any atom is 0.494 e. The number of hydrogen-bond donors (Lipinski definition) is 2. The summed E-state index contributed by atoms with van der Waals surface area (Å²) in [7, 11) is -0.397. The summed E-state index contributed by atoms with van der Waals surface area (Å²) >= 11 is 0. The quantitative estimate of drug-likeness (QED) is 0.368. The number of guanidine groups is 1. The molecule has 4 N–H and O–H groups in total. The number of nitrogens with zero attached hydrogens (tertiary/aromatic N) is 2. The second-order valence-corrected chi connectivity index (χ2v) is 6.03. The molecule has 1 aromatic rings. The molecule has 0 amide bonds. The molecule has 1 aliphatic heterocycles. The second kappa shape index (κ2) is 5.50. The first kappa shape index (κ1) is 15.5. The standard InChI is InChI=1S/C14H21BN4O2/c1-13(2)14(3,4)21-15(20-13)11-7-5-6-10(8-11)9-18-19-12(16)17/h5-9H,1-4H3,(H4,16,17,19). The maximum atomic E-state index is 6.01. The van der Waals surface area contributed by atoms with E-state index < -0.39 is 7.12 Å². The van der Waals surface area contributed by atoms with Crippen LogP contribution in [0.5, 0.6) is 0 Å². The van der Waals surface area contributed by atoms with Gasteiger partial charge in [0.25, 0.3) is 0 Å². The highest BCUT2D eigenvalue weighted by atomic mass is 16.7. The normalized spacial score (nSPS) is 19.9. The molecule has 0 saturated carbocycles. The number of benzene rings is 1. The van der Waals surface area contributed by atoms with Gasteiger partial charge < -0.3 is 20.8 Å². The van der Waals surface area contributed by atoms with Gasteiger partial charge in [0.2, 0.25) is 5.96 Å². The fourth-order valence-corrected chi connectivity index (χ4v) is 1.93. The van der Waals surface area contributed by atoms with Crippen LogP contribution >= 0.6 is 0 Å². The molecule has 0 spiro atoms. The molecule has 0 aromatic heterocycles. The van der Waals surface area contributed by atoms with Gasteiger partial charge in [0, 0.05) is 0 Å². The molecule has 1 aliphatic rings. The van der Waals surface area contributed by atoms with Crippen molar-refractivity contribution in [2.24, 2.45) is 21.7 Å². The Hall–Kier alpha value is -1.86. The highest BCUT2D eigenvalue weighted by Gasteiger charge is 2.51. The summed E-state index contributed by atoms with van der Waals surface area (Å²) in [5, 5.41) is 7.37. The minimum atomic E-state index is -0.397. The van der Waals surface area contributed by atoms with Gasteiger partial charge >= 0.3 is 7.12 Å². The van der Waals surface area contributed by atoms with Gasteiger partial charge in [0.15, 0.2) is 0 Å². The van der Waals surface area contributed by atoms with Crippen LogP contribution in [0.15, 0.2) is 34.5 Å². The minimum absolute atomic E-state index is 0.0756. The largest absolute Gasteiger partial charge is 0.494 e. The van der Waals surface area contributed by atoms with Crippen LogP contribution in [0, 0.1) is 0 Å². The van der Waals surface area contributed by atoms with E-state index in [4.69, 9.17) is 20.8 Å². The summed E-state index contributed by atoms with van der Waals surface area (Å²) in [6.45, 7) is 8.10. The van der Waals surface area contributed by atoms with E-state index in [1.807, 2.05) is 52.0 Å². The van der Waals surface area contributed by atoms with Crippen LogP contribution in [0.1, 0.15) is 33.3 Å². The maximum absolute atomic E-state index is 6.01. The lowest BCUT2D eigenvalue weighted by atomic mass is 9.78. The predicted octanol–water partition coefficient (Wildman–Crippen LogP) is 0.593. The third-order valence-corrected chi connectivity index (χ3v) is 3.82. The summed E-state index contributed by atoms with van der Waals surface area (Å²) in [4.78, 5) is 0. The number of hydrogen-bond acceptors (Lipinski definition) is 4. The Morgan fingerprint density at radius 1 is 1.14 bits per heavy atom. The van der Waals surface area contributed by atoms with E-state index in [0.717, 1.165) is 11.0 Å². The van der Waals surface area contributed by atoms with Gasteiger partial charge in [0.05, 0.1) is 17.4 Å². The van der Waals surface area contributed by atoms with Gasteiger partial charge in [-0.1, -0.05) is 24.3 Å². The fraction of sp³-hybridized carbons (Fsp3) is 0.429. The molecule has 1 saturated heterocycles. The monoisotopic (exact) mass is 288 g/mol. The lowest BCUT2D eigenvalue weighted by Crippen LogP contribution is -2.41. The van der Waals surface area contributed by atoms with Crippen LogP contribution in [0.4, 0.5) is 0 Å². The van der Waals surface area contributed by atoms with Crippen molar-refractivity contribution in [1.29, 1.82) is 0 Å². The number of rotatable bonds is 3. The van der Waals surface area contributed by atoms with Crippen LogP contribution in [0.25, 0.3) is 0 Å². The minimum Gasteiger partial charge on any atom is -0.399 e. The van der Waals surface area contributed by atoms with E-state index in [1.165, 1.54) is 0 Å². The average Bonchev–Trinajstić information content (AvgIpc) is 2.58. The Bertz CT molecular complexity index is 564. The molecule has 1 fully saturated rings. The molecule has 1 aromatic carbocycles. The van der Waals surface area contributed by atoms with Gasteiger partial charge in [-0.15, -0.1) is 5.10 Å². The van der Waals surface area contributed by atoms with E-state index in [-0.39, 0.29) is 17.2 Å². The topological polar surface area (TPSA) is 95.2 Å². The van der Waals surface area contributed by atoms with E-state index in [2.05, 4.69) is 10.2 Å². The Morgan fingerprint density at radius 2 is 1.76 bits per heavy atom. The Morgan fingerprint density at radius 3 is 2.33 bits per heavy atom. The smallest absolute Gasteiger partial charge is 0.399 e. The summed E-state index contributed by atoms with van der Waals surface area (Å²) in [5.74, 6) is -0.0756. The molecular weight excluding hydrogens is 267 g/mol. The van der Waals surface area contributed by atoms with Crippen LogP contribution < -0.4 is 16.9 Å². The van der Waals surface area contributed by atoms with Gasteiger partial charge in [-0.2, -0.15) is 5.10 Å². The zero-order valence-electron chi connectivity index (χ0n) is 12.8. The molecule has 0 bridgehead atoms. The third kappa shape index (κ3) is 3.43. The van der Waals surface area contributed by atoms with Gasteiger partial charge in [0.1, 0.15) is 0 Å². The Kier molecular flexibility index (Phi) is 4.07. The van der Waals surface area contributed by atoms with E-state index >= 15 is 0 Å². The zero-order valence-corrected chi connectivity index (χ0v) is 12.8. The van der Waals surface area contributed by atoms with Gasteiger partial charge in [-0.3, -0.25) is 0 Å². The van der Waals surface area contributed by atoms with Gasteiger partial charge in [-0.25, -0.2) is 0 Å².